The van der Waals surface area contributed by atoms with Crippen LogP contribution in [0.5, 0.6) is 11.5 Å². The summed E-state index contributed by atoms with van der Waals surface area (Å²) >= 11 is 0. The highest BCUT2D eigenvalue weighted by Gasteiger charge is 2.16. The van der Waals surface area contributed by atoms with E-state index in [1.165, 1.54) is 6.20 Å². The van der Waals surface area contributed by atoms with Gasteiger partial charge in [-0.2, -0.15) is 5.26 Å². The second kappa shape index (κ2) is 9.28. The maximum atomic E-state index is 12.4. The molecule has 1 amide bonds. The molecule has 29 heavy (non-hydrogen) atoms. The second-order valence-corrected chi connectivity index (χ2v) is 5.96. The van der Waals surface area contributed by atoms with E-state index in [1.54, 1.807) is 37.3 Å². The first kappa shape index (κ1) is 19.8. The molecule has 0 bridgehead atoms. The molecule has 1 heterocycles. The Hall–Kier alpha value is -3.99. The molecule has 1 aliphatic rings. The molecule has 0 fully saturated rings. The summed E-state index contributed by atoms with van der Waals surface area (Å²) in [6, 6.07) is 13.8. The number of anilines is 1. The third-order valence-electron chi connectivity index (χ3n) is 4.03. The average Bonchev–Trinajstić information content (AvgIpc) is 3.19. The van der Waals surface area contributed by atoms with Crippen LogP contribution in [-0.2, 0) is 16.1 Å². The van der Waals surface area contributed by atoms with E-state index in [0.717, 1.165) is 5.56 Å². The summed E-state index contributed by atoms with van der Waals surface area (Å²) in [7, 11) is 0. The van der Waals surface area contributed by atoms with Crippen molar-refractivity contribution < 1.29 is 23.8 Å². The second-order valence-electron chi connectivity index (χ2n) is 5.96. The lowest BCUT2D eigenvalue weighted by molar-refractivity contribution is -0.112. The van der Waals surface area contributed by atoms with Gasteiger partial charge < -0.3 is 24.8 Å². The van der Waals surface area contributed by atoms with E-state index in [1.807, 2.05) is 18.2 Å². The van der Waals surface area contributed by atoms with Gasteiger partial charge in [-0.3, -0.25) is 4.79 Å². The normalized spacial score (nSPS) is 12.1. The smallest absolute Gasteiger partial charge is 0.340 e. The number of hydrogen-bond acceptors (Lipinski definition) is 7. The molecule has 2 aromatic carbocycles. The molecule has 0 atom stereocenters. The van der Waals surface area contributed by atoms with Gasteiger partial charge in [0, 0.05) is 12.7 Å². The van der Waals surface area contributed by atoms with Crippen LogP contribution in [0.25, 0.3) is 0 Å². The van der Waals surface area contributed by atoms with Crippen molar-refractivity contribution in [2.75, 3.05) is 18.7 Å². The zero-order valence-electron chi connectivity index (χ0n) is 15.7. The maximum absolute atomic E-state index is 12.4. The van der Waals surface area contributed by atoms with E-state index in [2.05, 4.69) is 10.6 Å². The third-order valence-corrected chi connectivity index (χ3v) is 4.03. The van der Waals surface area contributed by atoms with Crippen molar-refractivity contribution in [1.82, 2.24) is 5.32 Å². The number of para-hydroxylation sites is 1. The highest BCUT2D eigenvalue weighted by Crippen LogP contribution is 2.32. The highest BCUT2D eigenvalue weighted by atomic mass is 16.7. The fourth-order valence-electron chi connectivity index (χ4n) is 2.64. The fourth-order valence-corrected chi connectivity index (χ4v) is 2.64. The number of benzene rings is 2. The molecular formula is C21H19N3O5. The summed E-state index contributed by atoms with van der Waals surface area (Å²) in [6.45, 7) is 2.49. The van der Waals surface area contributed by atoms with Gasteiger partial charge in [0.05, 0.1) is 17.9 Å². The Morgan fingerprint density at radius 3 is 2.79 bits per heavy atom. The van der Waals surface area contributed by atoms with E-state index < -0.39 is 11.9 Å². The molecule has 0 unspecified atom stereocenters. The van der Waals surface area contributed by atoms with E-state index >= 15 is 0 Å². The minimum Gasteiger partial charge on any atom is -0.462 e. The molecule has 3 rings (SSSR count). The highest BCUT2D eigenvalue weighted by molar-refractivity contribution is 6.09. The van der Waals surface area contributed by atoms with Gasteiger partial charge in [-0.15, -0.1) is 0 Å². The Morgan fingerprint density at radius 2 is 2.00 bits per heavy atom. The molecule has 148 valence electrons. The summed E-state index contributed by atoms with van der Waals surface area (Å²) in [4.78, 5) is 24.5. The van der Waals surface area contributed by atoms with Gasteiger partial charge in [0.2, 0.25) is 6.79 Å². The van der Waals surface area contributed by atoms with Crippen LogP contribution in [-0.4, -0.2) is 25.3 Å². The van der Waals surface area contributed by atoms with Gasteiger partial charge >= 0.3 is 5.97 Å². The number of nitriles is 1. The lowest BCUT2D eigenvalue weighted by Crippen LogP contribution is -2.19. The molecule has 2 N–H and O–H groups in total. The Kier molecular flexibility index (Phi) is 6.32. The number of nitrogens with zero attached hydrogens (tertiary/aromatic N) is 1. The zero-order valence-corrected chi connectivity index (χ0v) is 15.7. The van der Waals surface area contributed by atoms with Crippen molar-refractivity contribution in [2.24, 2.45) is 0 Å². The van der Waals surface area contributed by atoms with Crippen LogP contribution in [0.2, 0.25) is 0 Å². The Balaban J connectivity index is 1.65. The minimum absolute atomic E-state index is 0.135. The number of esters is 1. The fraction of sp³-hybridized carbons (Fsp3) is 0.190. The largest absolute Gasteiger partial charge is 0.462 e. The van der Waals surface area contributed by atoms with Gasteiger partial charge in [0.25, 0.3) is 5.91 Å². The van der Waals surface area contributed by atoms with Crippen LogP contribution in [0.4, 0.5) is 5.69 Å². The van der Waals surface area contributed by atoms with Crippen molar-refractivity contribution in [3.63, 3.8) is 0 Å². The Labute approximate surface area is 167 Å². The predicted molar refractivity (Wildman–Crippen MR) is 104 cm³/mol. The molecule has 0 saturated heterocycles. The quantitative estimate of drug-likeness (QED) is 0.423. The number of amides is 1. The summed E-state index contributed by atoms with van der Waals surface area (Å²) in [5, 5.41) is 14.8. The number of fused-ring (bicyclic) bond motifs is 1. The van der Waals surface area contributed by atoms with Gasteiger partial charge in [-0.25, -0.2) is 4.79 Å². The number of hydrogen-bond donors (Lipinski definition) is 2. The molecule has 8 nitrogen and oxygen atoms in total. The number of ether oxygens (including phenoxy) is 3. The molecule has 0 spiro atoms. The first-order valence-electron chi connectivity index (χ1n) is 8.92. The van der Waals surface area contributed by atoms with Gasteiger partial charge in [-0.1, -0.05) is 18.2 Å². The predicted octanol–water partition coefficient (Wildman–Crippen LogP) is 2.73. The lowest BCUT2D eigenvalue weighted by atomic mass is 10.1. The summed E-state index contributed by atoms with van der Waals surface area (Å²) < 4.78 is 15.6. The zero-order chi connectivity index (χ0) is 20.6. The number of carbonyl (C=O) groups is 2. The average molecular weight is 393 g/mol. The van der Waals surface area contributed by atoms with Crippen molar-refractivity contribution in [2.45, 2.75) is 13.5 Å². The lowest BCUT2D eigenvalue weighted by Gasteiger charge is -2.10. The van der Waals surface area contributed by atoms with Crippen molar-refractivity contribution in [1.29, 1.82) is 5.26 Å². The summed E-state index contributed by atoms with van der Waals surface area (Å²) in [6.07, 6.45) is 1.33. The Morgan fingerprint density at radius 1 is 1.21 bits per heavy atom. The van der Waals surface area contributed by atoms with Crippen molar-refractivity contribution >= 4 is 17.6 Å². The summed E-state index contributed by atoms with van der Waals surface area (Å²) in [5.74, 6) is 0.151. The van der Waals surface area contributed by atoms with E-state index in [9.17, 15) is 14.9 Å². The summed E-state index contributed by atoms with van der Waals surface area (Å²) in [5.41, 5.74) is 1.25. The van der Waals surface area contributed by atoms with E-state index in [0.29, 0.717) is 18.0 Å². The van der Waals surface area contributed by atoms with Gasteiger partial charge in [0.15, 0.2) is 11.5 Å². The first-order chi connectivity index (χ1) is 14.1. The van der Waals surface area contributed by atoms with Crippen LogP contribution in [0.15, 0.2) is 54.2 Å². The van der Waals surface area contributed by atoms with Crippen molar-refractivity contribution in [3.8, 4) is 17.6 Å². The van der Waals surface area contributed by atoms with E-state index in [4.69, 9.17) is 14.2 Å². The maximum Gasteiger partial charge on any atom is 0.340 e. The van der Waals surface area contributed by atoms with Crippen LogP contribution < -0.4 is 20.1 Å². The van der Waals surface area contributed by atoms with Crippen LogP contribution in [0.1, 0.15) is 22.8 Å². The molecule has 1 aliphatic heterocycles. The number of rotatable bonds is 7. The van der Waals surface area contributed by atoms with E-state index in [-0.39, 0.29) is 30.2 Å². The Bertz CT molecular complexity index is 994. The SMILES string of the molecule is CCOC(=O)c1ccccc1NC(=O)/C(C#N)=C\NCc1ccc2c(c1)OCO2. The van der Waals surface area contributed by atoms with Gasteiger partial charge in [0.1, 0.15) is 11.6 Å². The first-order valence-corrected chi connectivity index (χ1v) is 8.92. The van der Waals surface area contributed by atoms with Crippen LogP contribution >= 0.6 is 0 Å². The third kappa shape index (κ3) is 4.84. The topological polar surface area (TPSA) is 110 Å². The molecule has 2 aromatic rings. The molecule has 0 aromatic heterocycles. The molecular weight excluding hydrogens is 374 g/mol. The number of nitrogens with one attached hydrogen (secondary N) is 2. The standard InChI is InChI=1S/C21H19N3O5/c1-2-27-21(26)16-5-3-4-6-17(16)24-20(25)15(10-22)12-23-11-14-7-8-18-19(9-14)29-13-28-18/h3-9,12,23H,2,11,13H2,1H3,(H,24,25)/b15-12-. The van der Waals surface area contributed by atoms with Crippen LogP contribution in [0.3, 0.4) is 0 Å². The van der Waals surface area contributed by atoms with Crippen molar-refractivity contribution in [3.05, 3.63) is 65.4 Å². The monoisotopic (exact) mass is 393 g/mol. The molecule has 0 saturated carbocycles. The van der Waals surface area contributed by atoms with Crippen LogP contribution in [0, 0.1) is 11.3 Å². The molecule has 8 heteroatoms. The molecule has 0 aliphatic carbocycles. The molecule has 0 radical (unpaired) electrons. The minimum atomic E-state index is -0.637. The van der Waals surface area contributed by atoms with Gasteiger partial charge in [-0.05, 0) is 36.8 Å². The number of carbonyl (C=O) groups excluding carboxylic acids is 2.